The van der Waals surface area contributed by atoms with Crippen molar-refractivity contribution >= 4 is 39.1 Å². The smallest absolute Gasteiger partial charge is 0.326 e. The summed E-state index contributed by atoms with van der Waals surface area (Å²) in [6.45, 7) is 1.74. The number of benzene rings is 1. The molecule has 88 valence electrons. The van der Waals surface area contributed by atoms with Crippen LogP contribution in [0.15, 0.2) is 22.9 Å². The van der Waals surface area contributed by atoms with Crippen molar-refractivity contribution in [3.8, 4) is 11.8 Å². The van der Waals surface area contributed by atoms with Crippen LogP contribution in [0.25, 0.3) is 0 Å². The summed E-state index contributed by atoms with van der Waals surface area (Å²) in [6.07, 6.45) is 0. The van der Waals surface area contributed by atoms with Crippen molar-refractivity contribution in [2.45, 2.75) is 6.92 Å². The zero-order valence-corrected chi connectivity index (χ0v) is 11.7. The lowest BCUT2D eigenvalue weighted by atomic mass is 10.3. The molecular formula is C10H6BrCl2N3O. The third-order valence-corrected chi connectivity index (χ3v) is 2.68. The Balaban J connectivity index is 2.31. The minimum absolute atomic E-state index is 0.175. The van der Waals surface area contributed by atoms with Crippen molar-refractivity contribution in [2.75, 3.05) is 0 Å². The van der Waals surface area contributed by atoms with Crippen LogP contribution in [-0.2, 0) is 0 Å². The van der Waals surface area contributed by atoms with Crippen molar-refractivity contribution in [3.63, 3.8) is 0 Å². The second kappa shape index (κ2) is 5.16. The molecule has 0 aliphatic carbocycles. The van der Waals surface area contributed by atoms with Gasteiger partial charge in [0.1, 0.15) is 11.6 Å². The molecule has 0 saturated heterocycles. The van der Waals surface area contributed by atoms with Gasteiger partial charge in [-0.05, 0) is 41.1 Å². The number of hydrogen-bond acceptors (Lipinski definition) is 4. The van der Waals surface area contributed by atoms with Crippen molar-refractivity contribution < 1.29 is 4.74 Å². The molecule has 1 aromatic carbocycles. The van der Waals surface area contributed by atoms with Crippen LogP contribution in [-0.4, -0.2) is 15.0 Å². The molecule has 1 heterocycles. The fourth-order valence-corrected chi connectivity index (χ4v) is 1.98. The lowest BCUT2D eigenvalue weighted by Crippen LogP contribution is -1.97. The highest BCUT2D eigenvalue weighted by atomic mass is 79.9. The second-order valence-electron chi connectivity index (χ2n) is 3.11. The first-order valence-electron chi connectivity index (χ1n) is 4.55. The second-order valence-corrected chi connectivity index (χ2v) is 4.66. The van der Waals surface area contributed by atoms with Crippen molar-refractivity contribution in [1.82, 2.24) is 15.0 Å². The molecular weight excluding hydrogens is 329 g/mol. The summed E-state index contributed by atoms with van der Waals surface area (Å²) in [4.78, 5) is 12.0. The van der Waals surface area contributed by atoms with E-state index in [1.807, 2.05) is 0 Å². The van der Waals surface area contributed by atoms with Crippen molar-refractivity contribution in [3.05, 3.63) is 38.8 Å². The van der Waals surface area contributed by atoms with Gasteiger partial charge in [-0.3, -0.25) is 0 Å². The van der Waals surface area contributed by atoms with Crippen molar-refractivity contribution in [1.29, 1.82) is 0 Å². The summed E-state index contributed by atoms with van der Waals surface area (Å²) in [6, 6.07) is 5.08. The van der Waals surface area contributed by atoms with E-state index in [2.05, 4.69) is 30.9 Å². The summed E-state index contributed by atoms with van der Waals surface area (Å²) in [5.41, 5.74) is 0. The van der Waals surface area contributed by atoms with E-state index in [-0.39, 0.29) is 6.01 Å². The summed E-state index contributed by atoms with van der Waals surface area (Å²) in [7, 11) is 0. The first kappa shape index (κ1) is 12.5. The average molecular weight is 335 g/mol. The van der Waals surface area contributed by atoms with E-state index in [0.29, 0.717) is 26.4 Å². The van der Waals surface area contributed by atoms with E-state index < -0.39 is 0 Å². The lowest BCUT2D eigenvalue weighted by molar-refractivity contribution is 0.435. The first-order chi connectivity index (χ1) is 8.04. The molecule has 0 N–H and O–H groups in total. The Labute approximate surface area is 116 Å². The maximum atomic E-state index is 5.97. The molecule has 0 spiro atoms. The van der Waals surface area contributed by atoms with Gasteiger partial charge in [0.05, 0.1) is 5.02 Å². The van der Waals surface area contributed by atoms with Gasteiger partial charge in [0, 0.05) is 5.02 Å². The van der Waals surface area contributed by atoms with Gasteiger partial charge >= 0.3 is 6.01 Å². The molecule has 0 radical (unpaired) electrons. The van der Waals surface area contributed by atoms with Gasteiger partial charge in [-0.15, -0.1) is 0 Å². The Morgan fingerprint density at radius 2 is 1.94 bits per heavy atom. The number of rotatable bonds is 2. The van der Waals surface area contributed by atoms with Crippen LogP contribution in [0, 0.1) is 6.92 Å². The molecule has 0 unspecified atom stereocenters. The summed E-state index contributed by atoms with van der Waals surface area (Å²) < 4.78 is 5.85. The van der Waals surface area contributed by atoms with Crippen LogP contribution >= 0.6 is 39.1 Å². The van der Waals surface area contributed by atoms with Gasteiger partial charge in [0.2, 0.25) is 4.73 Å². The predicted octanol–water partition coefficient (Wildman–Crippen LogP) is 4.04. The van der Waals surface area contributed by atoms with Gasteiger partial charge in [0.15, 0.2) is 0 Å². The molecule has 0 aliphatic heterocycles. The van der Waals surface area contributed by atoms with E-state index >= 15 is 0 Å². The van der Waals surface area contributed by atoms with Crippen LogP contribution in [0.5, 0.6) is 11.8 Å². The normalized spacial score (nSPS) is 10.4. The van der Waals surface area contributed by atoms with Crippen LogP contribution in [0.3, 0.4) is 0 Å². The third kappa shape index (κ3) is 3.28. The van der Waals surface area contributed by atoms with Gasteiger partial charge in [-0.1, -0.05) is 23.2 Å². The zero-order valence-electron chi connectivity index (χ0n) is 8.62. The van der Waals surface area contributed by atoms with E-state index in [1.54, 1.807) is 25.1 Å². The van der Waals surface area contributed by atoms with E-state index in [1.165, 1.54) is 0 Å². The van der Waals surface area contributed by atoms with Gasteiger partial charge in [-0.2, -0.15) is 9.97 Å². The fourth-order valence-electron chi connectivity index (χ4n) is 1.13. The molecule has 0 saturated carbocycles. The number of aromatic nitrogens is 3. The molecule has 0 atom stereocenters. The van der Waals surface area contributed by atoms with Crippen LogP contribution < -0.4 is 4.74 Å². The first-order valence-corrected chi connectivity index (χ1v) is 6.10. The molecule has 17 heavy (non-hydrogen) atoms. The quantitative estimate of drug-likeness (QED) is 0.831. The highest BCUT2D eigenvalue weighted by Gasteiger charge is 2.07. The van der Waals surface area contributed by atoms with E-state index in [4.69, 9.17) is 27.9 Å². The molecule has 7 heteroatoms. The summed E-state index contributed by atoms with van der Waals surface area (Å²) in [5.74, 6) is 0.987. The number of ether oxygens (including phenoxy) is 1. The van der Waals surface area contributed by atoms with E-state index in [0.717, 1.165) is 0 Å². The standard InChI is InChI=1S/C10H6BrCl2N3O/c1-5-14-9(11)16-10(15-5)17-8-3-2-6(12)4-7(8)13/h2-4H,1H3. The third-order valence-electron chi connectivity index (χ3n) is 1.79. The molecule has 4 nitrogen and oxygen atoms in total. The van der Waals surface area contributed by atoms with Crippen molar-refractivity contribution in [2.24, 2.45) is 0 Å². The minimum Gasteiger partial charge on any atom is -0.423 e. The summed E-state index contributed by atoms with van der Waals surface area (Å²) in [5, 5.41) is 0.932. The minimum atomic E-state index is 0.175. The average Bonchev–Trinajstić information content (AvgIpc) is 2.21. The molecule has 0 aliphatic rings. The number of halogens is 3. The monoisotopic (exact) mass is 333 g/mol. The number of nitrogens with zero attached hydrogens (tertiary/aromatic N) is 3. The number of hydrogen-bond donors (Lipinski definition) is 0. The fraction of sp³-hybridized carbons (Fsp3) is 0.100. The van der Waals surface area contributed by atoms with Gasteiger partial charge in [-0.25, -0.2) is 4.98 Å². The molecule has 1 aromatic heterocycles. The van der Waals surface area contributed by atoms with Crippen LogP contribution in [0.1, 0.15) is 5.82 Å². The van der Waals surface area contributed by atoms with Crippen LogP contribution in [0.4, 0.5) is 0 Å². The van der Waals surface area contributed by atoms with E-state index in [9.17, 15) is 0 Å². The van der Waals surface area contributed by atoms with Gasteiger partial charge in [0.25, 0.3) is 0 Å². The van der Waals surface area contributed by atoms with Crippen LogP contribution in [0.2, 0.25) is 10.0 Å². The predicted molar refractivity (Wildman–Crippen MR) is 68.8 cm³/mol. The Morgan fingerprint density at radius 1 is 1.18 bits per heavy atom. The Hall–Kier alpha value is -0.910. The maximum Gasteiger partial charge on any atom is 0.326 e. The maximum absolute atomic E-state index is 5.97. The topological polar surface area (TPSA) is 47.9 Å². The largest absolute Gasteiger partial charge is 0.423 e. The molecule has 2 rings (SSSR count). The lowest BCUT2D eigenvalue weighted by Gasteiger charge is -2.06. The summed E-state index contributed by atoms with van der Waals surface area (Å²) >= 11 is 14.9. The Kier molecular flexibility index (Phi) is 3.81. The molecule has 2 aromatic rings. The Bertz CT molecular complexity index is 545. The molecule has 0 bridgehead atoms. The SMILES string of the molecule is Cc1nc(Br)nc(Oc2ccc(Cl)cc2Cl)n1. The Morgan fingerprint density at radius 3 is 2.59 bits per heavy atom. The molecule has 0 amide bonds. The highest BCUT2D eigenvalue weighted by Crippen LogP contribution is 2.30. The zero-order chi connectivity index (χ0) is 12.4. The number of aryl methyl sites for hydroxylation is 1. The van der Waals surface area contributed by atoms with Gasteiger partial charge < -0.3 is 4.74 Å². The highest BCUT2D eigenvalue weighted by molar-refractivity contribution is 9.10. The molecule has 0 fully saturated rings.